The van der Waals surface area contributed by atoms with E-state index in [0.29, 0.717) is 12.9 Å². The van der Waals surface area contributed by atoms with Crippen LogP contribution in [0.2, 0.25) is 5.82 Å². The third kappa shape index (κ3) is 2.76. The molecule has 0 bridgehead atoms. The van der Waals surface area contributed by atoms with Gasteiger partial charge in [0.1, 0.15) is 0 Å². The van der Waals surface area contributed by atoms with Crippen molar-refractivity contribution >= 4 is 7.05 Å². The fraction of sp³-hybridized carbons (Fsp3) is 1.00. The average Bonchev–Trinajstić information content (AvgIpc) is 2.30. The monoisotopic (exact) mass is 209 g/mol. The molecule has 1 aliphatic heterocycles. The third-order valence-electron chi connectivity index (χ3n) is 3.79. The Kier molecular flexibility index (Phi) is 4.09. The van der Waals surface area contributed by atoms with E-state index in [9.17, 15) is 0 Å². The normalized spacial score (nSPS) is 26.2. The highest BCUT2D eigenvalue weighted by molar-refractivity contribution is 6.50. The lowest BCUT2D eigenvalue weighted by Crippen LogP contribution is -2.53. The van der Waals surface area contributed by atoms with Gasteiger partial charge in [0.25, 0.3) is 0 Å². The quantitative estimate of drug-likeness (QED) is 0.648. The minimum atomic E-state index is 0.391. The van der Waals surface area contributed by atoms with Gasteiger partial charge in [-0.2, -0.15) is 0 Å². The molecule has 15 heavy (non-hydrogen) atoms. The van der Waals surface area contributed by atoms with Crippen molar-refractivity contribution in [1.29, 1.82) is 0 Å². The Morgan fingerprint density at radius 2 is 1.87 bits per heavy atom. The van der Waals surface area contributed by atoms with Gasteiger partial charge in [-0.05, 0) is 31.6 Å². The second-order valence-corrected chi connectivity index (χ2v) is 5.39. The van der Waals surface area contributed by atoms with Crippen LogP contribution in [0, 0.1) is 0 Å². The van der Waals surface area contributed by atoms with Gasteiger partial charge in [0.2, 0.25) is 0 Å². The van der Waals surface area contributed by atoms with Gasteiger partial charge in [-0.25, -0.2) is 0 Å². The molecule has 2 fully saturated rings. The summed E-state index contributed by atoms with van der Waals surface area (Å²) in [4.78, 5) is 2.65. The van der Waals surface area contributed by atoms with Gasteiger partial charge < -0.3 is 9.47 Å². The highest BCUT2D eigenvalue weighted by Gasteiger charge is 2.36. The first-order chi connectivity index (χ1) is 7.29. The molecule has 0 spiro atoms. The second-order valence-electron chi connectivity index (χ2n) is 5.39. The van der Waals surface area contributed by atoms with Gasteiger partial charge in [-0.15, -0.1) is 0 Å². The molecule has 1 aliphatic carbocycles. The van der Waals surface area contributed by atoms with Crippen molar-refractivity contribution in [2.45, 2.75) is 64.2 Å². The number of hydrogen-bond donors (Lipinski definition) is 0. The maximum absolute atomic E-state index is 5.93. The molecule has 0 unspecified atom stereocenters. The molecular weight excluding hydrogens is 185 g/mol. The van der Waals surface area contributed by atoms with Crippen molar-refractivity contribution in [2.75, 3.05) is 13.2 Å². The molecule has 0 aromatic carbocycles. The number of nitrogens with zero attached hydrogens (tertiary/aromatic N) is 1. The van der Waals surface area contributed by atoms with E-state index < -0.39 is 0 Å². The SMILES string of the molecule is CC(C)B1OCCCN1C1CCCCC1. The van der Waals surface area contributed by atoms with Crippen LogP contribution in [0.4, 0.5) is 0 Å². The summed E-state index contributed by atoms with van der Waals surface area (Å²) < 4.78 is 5.93. The van der Waals surface area contributed by atoms with Crippen LogP contribution >= 0.6 is 0 Å². The average molecular weight is 209 g/mol. The van der Waals surface area contributed by atoms with Crippen molar-refractivity contribution in [2.24, 2.45) is 0 Å². The van der Waals surface area contributed by atoms with E-state index in [0.717, 1.165) is 12.6 Å². The summed E-state index contributed by atoms with van der Waals surface area (Å²) in [7, 11) is 0.391. The Bertz CT molecular complexity index is 192. The molecule has 0 N–H and O–H groups in total. The van der Waals surface area contributed by atoms with E-state index in [1.54, 1.807) is 0 Å². The summed E-state index contributed by atoms with van der Waals surface area (Å²) in [5, 5.41) is 0. The van der Waals surface area contributed by atoms with Crippen LogP contribution in [0.1, 0.15) is 52.4 Å². The van der Waals surface area contributed by atoms with E-state index in [-0.39, 0.29) is 0 Å². The highest BCUT2D eigenvalue weighted by atomic mass is 16.4. The molecule has 0 aromatic rings. The summed E-state index contributed by atoms with van der Waals surface area (Å²) in [6.45, 7) is 6.79. The van der Waals surface area contributed by atoms with Crippen LogP contribution in [-0.2, 0) is 4.65 Å². The summed E-state index contributed by atoms with van der Waals surface area (Å²) in [5.41, 5.74) is 0. The lowest BCUT2D eigenvalue weighted by Gasteiger charge is -2.42. The fourth-order valence-electron chi connectivity index (χ4n) is 3.05. The zero-order valence-electron chi connectivity index (χ0n) is 10.2. The smallest absolute Gasteiger partial charge is 0.385 e. The molecule has 0 radical (unpaired) electrons. The molecule has 1 heterocycles. The summed E-state index contributed by atoms with van der Waals surface area (Å²) in [6, 6.07) is 0.812. The maximum Gasteiger partial charge on any atom is 0.385 e. The standard InChI is InChI=1S/C12H24BNO/c1-11(2)13-14(9-6-10-15-13)12-7-4-3-5-8-12/h11-12H,3-10H2,1-2H3. The van der Waals surface area contributed by atoms with Gasteiger partial charge in [0.05, 0.1) is 0 Å². The largest absolute Gasteiger partial charge is 0.421 e. The molecule has 0 aromatic heterocycles. The molecule has 3 heteroatoms. The minimum Gasteiger partial charge on any atom is -0.421 e. The summed E-state index contributed by atoms with van der Waals surface area (Å²) in [5.74, 6) is 0.632. The molecule has 2 nitrogen and oxygen atoms in total. The summed E-state index contributed by atoms with van der Waals surface area (Å²) in [6.07, 6.45) is 8.30. The predicted molar refractivity (Wildman–Crippen MR) is 65.0 cm³/mol. The maximum atomic E-state index is 5.93. The van der Waals surface area contributed by atoms with Crippen LogP contribution in [0.3, 0.4) is 0 Å². The van der Waals surface area contributed by atoms with Crippen LogP contribution < -0.4 is 0 Å². The third-order valence-corrected chi connectivity index (χ3v) is 3.79. The first-order valence-corrected chi connectivity index (χ1v) is 6.66. The zero-order chi connectivity index (χ0) is 10.7. The first-order valence-electron chi connectivity index (χ1n) is 6.66. The van der Waals surface area contributed by atoms with Crippen molar-refractivity contribution in [3.05, 3.63) is 0 Å². The lowest BCUT2D eigenvalue weighted by atomic mass is 9.64. The van der Waals surface area contributed by atoms with Crippen LogP contribution in [0.25, 0.3) is 0 Å². The van der Waals surface area contributed by atoms with Crippen LogP contribution in [-0.4, -0.2) is 31.1 Å². The number of rotatable bonds is 2. The Morgan fingerprint density at radius 1 is 1.13 bits per heavy atom. The second kappa shape index (κ2) is 5.35. The molecule has 1 saturated carbocycles. The summed E-state index contributed by atoms with van der Waals surface area (Å²) >= 11 is 0. The van der Waals surface area contributed by atoms with E-state index in [1.807, 2.05) is 0 Å². The Labute approximate surface area is 94.5 Å². The predicted octanol–water partition coefficient (Wildman–Crippen LogP) is 2.94. The van der Waals surface area contributed by atoms with E-state index in [4.69, 9.17) is 4.65 Å². The molecular formula is C12H24BNO. The van der Waals surface area contributed by atoms with Crippen LogP contribution in [0.15, 0.2) is 0 Å². The highest BCUT2D eigenvalue weighted by Crippen LogP contribution is 2.28. The topological polar surface area (TPSA) is 12.5 Å². The van der Waals surface area contributed by atoms with E-state index >= 15 is 0 Å². The molecule has 1 saturated heterocycles. The molecule has 0 atom stereocenters. The van der Waals surface area contributed by atoms with Gasteiger partial charge in [-0.3, -0.25) is 0 Å². The van der Waals surface area contributed by atoms with Crippen molar-refractivity contribution < 1.29 is 4.65 Å². The van der Waals surface area contributed by atoms with E-state index in [2.05, 4.69) is 18.7 Å². The van der Waals surface area contributed by atoms with Gasteiger partial charge in [-0.1, -0.05) is 33.1 Å². The Balaban J connectivity index is 1.96. The molecule has 2 aliphatic rings. The minimum absolute atomic E-state index is 0.391. The molecule has 86 valence electrons. The molecule has 2 rings (SSSR count). The van der Waals surface area contributed by atoms with Crippen molar-refractivity contribution in [3.8, 4) is 0 Å². The van der Waals surface area contributed by atoms with Gasteiger partial charge >= 0.3 is 7.05 Å². The van der Waals surface area contributed by atoms with Crippen molar-refractivity contribution in [1.82, 2.24) is 4.81 Å². The lowest BCUT2D eigenvalue weighted by molar-refractivity contribution is 0.143. The van der Waals surface area contributed by atoms with Gasteiger partial charge in [0.15, 0.2) is 0 Å². The number of hydrogen-bond acceptors (Lipinski definition) is 2. The fourth-order valence-corrected chi connectivity index (χ4v) is 3.05. The molecule has 0 amide bonds. The Hall–Kier alpha value is -0.0151. The van der Waals surface area contributed by atoms with Crippen LogP contribution in [0.5, 0.6) is 0 Å². The Morgan fingerprint density at radius 3 is 2.53 bits per heavy atom. The van der Waals surface area contributed by atoms with Gasteiger partial charge in [0, 0.05) is 12.6 Å². The van der Waals surface area contributed by atoms with E-state index in [1.165, 1.54) is 45.1 Å². The zero-order valence-corrected chi connectivity index (χ0v) is 10.2. The van der Waals surface area contributed by atoms with Crippen molar-refractivity contribution in [3.63, 3.8) is 0 Å². The first kappa shape index (κ1) is 11.5.